The summed E-state index contributed by atoms with van der Waals surface area (Å²) >= 11 is 0. The highest BCUT2D eigenvalue weighted by Crippen LogP contribution is 2.20. The van der Waals surface area contributed by atoms with E-state index in [0.29, 0.717) is 0 Å². The van der Waals surface area contributed by atoms with E-state index in [1.54, 1.807) is 0 Å². The number of amides is 1. The van der Waals surface area contributed by atoms with Crippen molar-refractivity contribution in [3.05, 3.63) is 58.9 Å². The van der Waals surface area contributed by atoms with Crippen LogP contribution in [-0.2, 0) is 0 Å². The fourth-order valence-electron chi connectivity index (χ4n) is 1.88. The molecular formula is C15H11FN2O5. The summed E-state index contributed by atoms with van der Waals surface area (Å²) in [4.78, 5) is 34.1. The molecule has 0 atom stereocenters. The van der Waals surface area contributed by atoms with E-state index in [2.05, 4.69) is 5.32 Å². The molecule has 2 rings (SSSR count). The molecule has 0 radical (unpaired) electrons. The number of benzene rings is 2. The summed E-state index contributed by atoms with van der Waals surface area (Å²) in [7, 11) is 0. The topological polar surface area (TPSA) is 130 Å². The predicted octanol–water partition coefficient (Wildman–Crippen LogP) is 2.06. The van der Waals surface area contributed by atoms with Crippen LogP contribution in [0.25, 0.3) is 0 Å². The standard InChI is InChI=1S/C15H11FN2O5/c16-11-3-1-2-10(12(11)17)13(19)18-9-5-7(14(20)21)4-8(6-9)15(22)23/h1-6H,17H2,(H,18,19)(H,20,21)(H,22,23). The normalized spacial score (nSPS) is 10.1. The van der Waals surface area contributed by atoms with E-state index >= 15 is 0 Å². The van der Waals surface area contributed by atoms with Crippen LogP contribution in [0.1, 0.15) is 31.1 Å². The number of nitrogen functional groups attached to an aromatic ring is 1. The van der Waals surface area contributed by atoms with E-state index in [1.807, 2.05) is 0 Å². The first kappa shape index (κ1) is 16.0. The van der Waals surface area contributed by atoms with Crippen molar-refractivity contribution in [2.45, 2.75) is 0 Å². The summed E-state index contributed by atoms with van der Waals surface area (Å²) in [5, 5.41) is 20.2. The first-order valence-corrected chi connectivity index (χ1v) is 6.26. The highest BCUT2D eigenvalue weighted by molar-refractivity contribution is 6.08. The van der Waals surface area contributed by atoms with Crippen molar-refractivity contribution in [1.29, 1.82) is 0 Å². The smallest absolute Gasteiger partial charge is 0.335 e. The molecule has 23 heavy (non-hydrogen) atoms. The number of halogens is 1. The summed E-state index contributed by atoms with van der Waals surface area (Å²) in [5.41, 5.74) is 4.27. The number of nitrogens with two attached hydrogens (primary N) is 1. The van der Waals surface area contributed by atoms with Gasteiger partial charge in [-0.25, -0.2) is 14.0 Å². The van der Waals surface area contributed by atoms with Gasteiger partial charge in [-0.3, -0.25) is 4.79 Å². The number of carbonyl (C=O) groups excluding carboxylic acids is 1. The molecule has 8 heteroatoms. The maximum Gasteiger partial charge on any atom is 0.335 e. The lowest BCUT2D eigenvalue weighted by atomic mass is 10.1. The zero-order valence-corrected chi connectivity index (χ0v) is 11.5. The van der Waals surface area contributed by atoms with Crippen LogP contribution >= 0.6 is 0 Å². The minimum atomic E-state index is -1.35. The monoisotopic (exact) mass is 318 g/mol. The van der Waals surface area contributed by atoms with Gasteiger partial charge < -0.3 is 21.3 Å². The van der Waals surface area contributed by atoms with Gasteiger partial charge in [0.15, 0.2) is 0 Å². The van der Waals surface area contributed by atoms with Crippen LogP contribution in [0.3, 0.4) is 0 Å². The Morgan fingerprint density at radius 3 is 2.09 bits per heavy atom. The Bertz CT molecular complexity index is 787. The van der Waals surface area contributed by atoms with Gasteiger partial charge in [0.2, 0.25) is 0 Å². The van der Waals surface area contributed by atoms with Crippen molar-refractivity contribution >= 4 is 29.2 Å². The first-order valence-electron chi connectivity index (χ1n) is 6.26. The van der Waals surface area contributed by atoms with Crippen molar-refractivity contribution in [3.63, 3.8) is 0 Å². The molecule has 1 amide bonds. The summed E-state index contributed by atoms with van der Waals surface area (Å²) in [6.07, 6.45) is 0. The van der Waals surface area contributed by atoms with Gasteiger partial charge in [0, 0.05) is 5.69 Å². The molecular weight excluding hydrogens is 307 g/mol. The van der Waals surface area contributed by atoms with Gasteiger partial charge in [-0.1, -0.05) is 6.07 Å². The number of hydrogen-bond donors (Lipinski definition) is 4. The molecule has 0 heterocycles. The van der Waals surface area contributed by atoms with Gasteiger partial charge in [-0.05, 0) is 30.3 Å². The molecule has 0 aliphatic rings. The first-order chi connectivity index (χ1) is 10.8. The van der Waals surface area contributed by atoms with E-state index < -0.39 is 23.7 Å². The van der Waals surface area contributed by atoms with E-state index in [9.17, 15) is 18.8 Å². The highest BCUT2D eigenvalue weighted by atomic mass is 19.1. The number of carboxylic acid groups (broad SMARTS) is 2. The molecule has 0 saturated carbocycles. The van der Waals surface area contributed by atoms with Gasteiger partial charge in [0.1, 0.15) is 5.82 Å². The molecule has 0 aromatic heterocycles. The van der Waals surface area contributed by atoms with E-state index in [-0.39, 0.29) is 28.1 Å². The Morgan fingerprint density at radius 1 is 1.00 bits per heavy atom. The zero-order chi connectivity index (χ0) is 17.1. The molecule has 0 saturated heterocycles. The third-order valence-electron chi connectivity index (χ3n) is 2.98. The van der Waals surface area contributed by atoms with E-state index in [0.717, 1.165) is 24.3 Å². The number of aromatic carboxylic acids is 2. The summed E-state index contributed by atoms with van der Waals surface area (Å²) in [6, 6.07) is 6.78. The number of anilines is 2. The van der Waals surface area contributed by atoms with Crippen molar-refractivity contribution < 1.29 is 29.0 Å². The quantitative estimate of drug-likeness (QED) is 0.638. The molecule has 0 unspecified atom stereocenters. The number of rotatable bonds is 4. The maximum atomic E-state index is 13.4. The molecule has 0 fully saturated rings. The van der Waals surface area contributed by atoms with Crippen LogP contribution in [0.4, 0.5) is 15.8 Å². The Kier molecular flexibility index (Phi) is 4.26. The number of para-hydroxylation sites is 1. The van der Waals surface area contributed by atoms with Gasteiger partial charge in [-0.15, -0.1) is 0 Å². The molecule has 118 valence electrons. The third-order valence-corrected chi connectivity index (χ3v) is 2.98. The van der Waals surface area contributed by atoms with Gasteiger partial charge in [0.25, 0.3) is 5.91 Å². The van der Waals surface area contributed by atoms with Crippen LogP contribution in [0.2, 0.25) is 0 Å². The van der Waals surface area contributed by atoms with Crippen LogP contribution < -0.4 is 11.1 Å². The predicted molar refractivity (Wildman–Crippen MR) is 79.1 cm³/mol. The number of nitrogens with one attached hydrogen (secondary N) is 1. The second kappa shape index (κ2) is 6.14. The number of hydrogen-bond acceptors (Lipinski definition) is 4. The van der Waals surface area contributed by atoms with Crippen molar-refractivity contribution in [3.8, 4) is 0 Å². The zero-order valence-electron chi connectivity index (χ0n) is 11.5. The van der Waals surface area contributed by atoms with Crippen LogP contribution in [0, 0.1) is 5.82 Å². The largest absolute Gasteiger partial charge is 0.478 e. The summed E-state index contributed by atoms with van der Waals surface area (Å²) < 4.78 is 13.4. The van der Waals surface area contributed by atoms with E-state index in [1.165, 1.54) is 12.1 Å². The average molecular weight is 318 g/mol. The molecule has 2 aromatic carbocycles. The van der Waals surface area contributed by atoms with Crippen molar-refractivity contribution in [2.24, 2.45) is 0 Å². The molecule has 7 nitrogen and oxygen atoms in total. The lowest BCUT2D eigenvalue weighted by molar-refractivity contribution is 0.0696. The fraction of sp³-hybridized carbons (Fsp3) is 0. The average Bonchev–Trinajstić information content (AvgIpc) is 2.49. The fourth-order valence-corrected chi connectivity index (χ4v) is 1.88. The number of carboxylic acids is 2. The molecule has 0 aliphatic carbocycles. The Labute approximate surface area is 129 Å². The van der Waals surface area contributed by atoms with E-state index in [4.69, 9.17) is 15.9 Å². The number of carbonyl (C=O) groups is 3. The molecule has 2 aromatic rings. The maximum absolute atomic E-state index is 13.4. The third kappa shape index (κ3) is 3.43. The minimum absolute atomic E-state index is 0.0593. The highest BCUT2D eigenvalue weighted by Gasteiger charge is 2.16. The van der Waals surface area contributed by atoms with Crippen LogP contribution in [0.15, 0.2) is 36.4 Å². The SMILES string of the molecule is Nc1c(F)cccc1C(=O)Nc1cc(C(=O)O)cc(C(=O)O)c1. The molecule has 5 N–H and O–H groups in total. The lowest BCUT2D eigenvalue weighted by Crippen LogP contribution is -2.16. The molecule has 0 bridgehead atoms. The summed E-state index contributed by atoms with van der Waals surface area (Å²) in [6.45, 7) is 0. The van der Waals surface area contributed by atoms with Crippen LogP contribution in [0.5, 0.6) is 0 Å². The minimum Gasteiger partial charge on any atom is -0.478 e. The second-order valence-corrected chi connectivity index (χ2v) is 4.56. The Morgan fingerprint density at radius 2 is 1.57 bits per heavy atom. The Hall–Kier alpha value is -3.42. The van der Waals surface area contributed by atoms with Crippen LogP contribution in [-0.4, -0.2) is 28.1 Å². The van der Waals surface area contributed by atoms with Crippen molar-refractivity contribution in [1.82, 2.24) is 0 Å². The molecule has 0 spiro atoms. The summed E-state index contributed by atoms with van der Waals surface area (Å²) in [5.74, 6) is -4.27. The van der Waals surface area contributed by atoms with Gasteiger partial charge in [-0.2, -0.15) is 0 Å². The van der Waals surface area contributed by atoms with Crippen molar-refractivity contribution in [2.75, 3.05) is 11.1 Å². The second-order valence-electron chi connectivity index (χ2n) is 4.56. The van der Waals surface area contributed by atoms with Gasteiger partial charge in [0.05, 0.1) is 22.4 Å². The van der Waals surface area contributed by atoms with Gasteiger partial charge >= 0.3 is 11.9 Å². The molecule has 0 aliphatic heterocycles. The lowest BCUT2D eigenvalue weighted by Gasteiger charge is -2.09. The Balaban J connectivity index is 2.39.